The van der Waals surface area contributed by atoms with Crippen molar-refractivity contribution in [3.05, 3.63) is 30.2 Å². The third-order valence-electron chi connectivity index (χ3n) is 4.27. The summed E-state index contributed by atoms with van der Waals surface area (Å²) in [4.78, 5) is 15.6. The second-order valence-electron chi connectivity index (χ2n) is 6.27. The van der Waals surface area contributed by atoms with E-state index >= 15 is 0 Å². The summed E-state index contributed by atoms with van der Waals surface area (Å²) in [7, 11) is 1.76. The molecule has 8 heteroatoms. The fraction of sp³-hybridized carbons (Fsp3) is 0.556. The maximum Gasteiger partial charge on any atom is 0.276 e. The molecule has 2 aromatic heterocycles. The lowest BCUT2D eigenvalue weighted by Crippen LogP contribution is -2.40. The monoisotopic (exact) mass is 358 g/mol. The van der Waals surface area contributed by atoms with Crippen molar-refractivity contribution in [1.82, 2.24) is 25.3 Å². The van der Waals surface area contributed by atoms with Crippen LogP contribution in [0.1, 0.15) is 19.2 Å². The van der Waals surface area contributed by atoms with E-state index in [0.717, 1.165) is 38.6 Å². The lowest BCUT2D eigenvalue weighted by Gasteiger charge is -2.21. The molecule has 1 atom stereocenters. The summed E-state index contributed by atoms with van der Waals surface area (Å²) in [6.45, 7) is 6.31. The van der Waals surface area contributed by atoms with Crippen LogP contribution in [0.15, 0.2) is 33.9 Å². The zero-order valence-electron chi connectivity index (χ0n) is 15.4. The molecule has 2 aromatic rings. The highest BCUT2D eigenvalue weighted by Gasteiger charge is 2.24. The number of hydrogen-bond donors (Lipinski definition) is 1. The Morgan fingerprint density at radius 1 is 1.46 bits per heavy atom. The van der Waals surface area contributed by atoms with E-state index in [2.05, 4.69) is 32.3 Å². The van der Waals surface area contributed by atoms with Crippen LogP contribution in [0.5, 0.6) is 0 Å². The van der Waals surface area contributed by atoms with E-state index in [1.807, 2.05) is 18.2 Å². The molecule has 1 unspecified atom stereocenters. The lowest BCUT2D eigenvalue weighted by molar-refractivity contribution is 0.157. The van der Waals surface area contributed by atoms with Crippen LogP contribution in [-0.2, 0) is 11.2 Å². The highest BCUT2D eigenvalue weighted by atomic mass is 16.5. The van der Waals surface area contributed by atoms with E-state index in [1.54, 1.807) is 13.3 Å². The fourth-order valence-corrected chi connectivity index (χ4v) is 3.03. The first-order chi connectivity index (χ1) is 12.8. The van der Waals surface area contributed by atoms with Crippen LogP contribution in [-0.4, -0.2) is 65.9 Å². The Morgan fingerprint density at radius 3 is 3.15 bits per heavy atom. The van der Waals surface area contributed by atoms with Gasteiger partial charge in [-0.25, -0.2) is 0 Å². The number of hydrogen-bond acceptors (Lipinski definition) is 6. The normalized spacial score (nSPS) is 17.7. The predicted molar refractivity (Wildman–Crippen MR) is 98.8 cm³/mol. The molecule has 0 saturated carbocycles. The molecule has 1 aliphatic heterocycles. The molecule has 1 saturated heterocycles. The molecule has 0 radical (unpaired) electrons. The summed E-state index contributed by atoms with van der Waals surface area (Å²) < 4.78 is 10.6. The zero-order valence-corrected chi connectivity index (χ0v) is 15.4. The van der Waals surface area contributed by atoms with Gasteiger partial charge in [0.15, 0.2) is 11.8 Å². The Bertz CT molecular complexity index is 703. The number of aromatic nitrogens is 3. The Kier molecular flexibility index (Phi) is 6.54. The van der Waals surface area contributed by atoms with Gasteiger partial charge in [0.2, 0.25) is 0 Å². The number of guanidine groups is 1. The average Bonchev–Trinajstić information content (AvgIpc) is 3.32. The number of methoxy groups -OCH3 is 1. The summed E-state index contributed by atoms with van der Waals surface area (Å²) in [5.41, 5.74) is 0.685. The minimum absolute atomic E-state index is 0.443. The highest BCUT2D eigenvalue weighted by Crippen LogP contribution is 2.16. The number of pyridine rings is 1. The van der Waals surface area contributed by atoms with Crippen LogP contribution in [0.4, 0.5) is 0 Å². The largest absolute Gasteiger partial charge is 0.384 e. The van der Waals surface area contributed by atoms with E-state index < -0.39 is 0 Å². The van der Waals surface area contributed by atoms with Gasteiger partial charge in [0.1, 0.15) is 5.69 Å². The summed E-state index contributed by atoms with van der Waals surface area (Å²) >= 11 is 0. The maximum atomic E-state index is 5.28. The first-order valence-corrected chi connectivity index (χ1v) is 9.06. The van der Waals surface area contributed by atoms with Crippen LogP contribution in [0.25, 0.3) is 11.6 Å². The molecule has 1 N–H and O–H groups in total. The van der Waals surface area contributed by atoms with Crippen molar-refractivity contribution in [2.75, 3.05) is 39.9 Å². The van der Waals surface area contributed by atoms with E-state index in [-0.39, 0.29) is 0 Å². The molecule has 0 aliphatic carbocycles. The molecule has 3 heterocycles. The Morgan fingerprint density at radius 2 is 2.38 bits per heavy atom. The summed E-state index contributed by atoms with van der Waals surface area (Å²) in [5.74, 6) is 2.60. The Hall–Kier alpha value is -2.48. The van der Waals surface area contributed by atoms with E-state index in [9.17, 15) is 0 Å². The first kappa shape index (κ1) is 18.3. The third kappa shape index (κ3) is 4.78. The van der Waals surface area contributed by atoms with Crippen molar-refractivity contribution >= 4 is 5.96 Å². The number of aliphatic imine (C=N–C) groups is 1. The molecular weight excluding hydrogens is 332 g/mol. The lowest BCUT2D eigenvalue weighted by atomic mass is 10.1. The van der Waals surface area contributed by atoms with Crippen LogP contribution in [0, 0.1) is 5.92 Å². The molecule has 140 valence electrons. The van der Waals surface area contributed by atoms with Gasteiger partial charge in [-0.05, 0) is 25.5 Å². The molecule has 0 bridgehead atoms. The summed E-state index contributed by atoms with van der Waals surface area (Å²) in [6, 6.07) is 5.60. The van der Waals surface area contributed by atoms with Gasteiger partial charge in [-0.15, -0.1) is 0 Å². The van der Waals surface area contributed by atoms with Crippen molar-refractivity contribution < 1.29 is 9.26 Å². The molecule has 3 rings (SSSR count). The van der Waals surface area contributed by atoms with Gasteiger partial charge in [-0.1, -0.05) is 11.2 Å². The molecule has 26 heavy (non-hydrogen) atoms. The number of likely N-dealkylation sites (tertiary alicyclic amines) is 1. The van der Waals surface area contributed by atoms with Crippen LogP contribution < -0.4 is 5.32 Å². The second kappa shape index (κ2) is 9.28. The Labute approximate surface area is 153 Å². The van der Waals surface area contributed by atoms with Crippen molar-refractivity contribution in [2.24, 2.45) is 10.9 Å². The number of rotatable bonds is 7. The van der Waals surface area contributed by atoms with E-state index in [1.165, 1.54) is 0 Å². The van der Waals surface area contributed by atoms with Crippen molar-refractivity contribution in [3.63, 3.8) is 0 Å². The molecule has 1 aliphatic rings. The minimum Gasteiger partial charge on any atom is -0.384 e. The van der Waals surface area contributed by atoms with Gasteiger partial charge in [-0.3, -0.25) is 9.98 Å². The van der Waals surface area contributed by atoms with Crippen molar-refractivity contribution in [1.29, 1.82) is 0 Å². The van der Waals surface area contributed by atoms with Crippen LogP contribution in [0.3, 0.4) is 0 Å². The number of ether oxygens (including phenoxy) is 1. The van der Waals surface area contributed by atoms with Gasteiger partial charge in [0.05, 0.1) is 6.61 Å². The highest BCUT2D eigenvalue weighted by molar-refractivity contribution is 5.80. The van der Waals surface area contributed by atoms with E-state index in [4.69, 9.17) is 14.3 Å². The molecule has 0 aromatic carbocycles. The van der Waals surface area contributed by atoms with Gasteiger partial charge >= 0.3 is 0 Å². The maximum absolute atomic E-state index is 5.28. The summed E-state index contributed by atoms with van der Waals surface area (Å²) in [6.07, 6.45) is 3.47. The van der Waals surface area contributed by atoms with Gasteiger partial charge in [0.25, 0.3) is 5.89 Å². The predicted octanol–water partition coefficient (Wildman–Crippen LogP) is 1.61. The molecule has 8 nitrogen and oxygen atoms in total. The van der Waals surface area contributed by atoms with Gasteiger partial charge < -0.3 is 19.5 Å². The van der Waals surface area contributed by atoms with Crippen molar-refractivity contribution in [2.45, 2.75) is 19.8 Å². The molecule has 0 spiro atoms. The van der Waals surface area contributed by atoms with Gasteiger partial charge in [0, 0.05) is 51.8 Å². The first-order valence-electron chi connectivity index (χ1n) is 9.06. The molecular formula is C18H26N6O2. The van der Waals surface area contributed by atoms with Crippen LogP contribution >= 0.6 is 0 Å². The standard InChI is InChI=1S/C18H26N6O2/c1-3-19-18(24-11-8-14(12-24)13-25-2)21-10-7-16-22-17(26-23-16)15-6-4-5-9-20-15/h4-6,9,14H,3,7-8,10-13H2,1-2H3,(H,19,21). The molecule has 1 fully saturated rings. The SMILES string of the molecule is CCNC(=NCCc1noc(-c2ccccn2)n1)N1CCC(COC)C1. The number of nitrogens with one attached hydrogen (secondary N) is 1. The fourth-order valence-electron chi connectivity index (χ4n) is 3.03. The number of nitrogens with zero attached hydrogens (tertiary/aromatic N) is 5. The topological polar surface area (TPSA) is 88.7 Å². The van der Waals surface area contributed by atoms with Gasteiger partial charge in [-0.2, -0.15) is 4.98 Å². The quantitative estimate of drug-likeness (QED) is 0.594. The van der Waals surface area contributed by atoms with Crippen LogP contribution in [0.2, 0.25) is 0 Å². The zero-order chi connectivity index (χ0) is 18.2. The summed E-state index contributed by atoms with van der Waals surface area (Å²) in [5, 5.41) is 7.39. The third-order valence-corrected chi connectivity index (χ3v) is 4.27. The second-order valence-corrected chi connectivity index (χ2v) is 6.27. The van der Waals surface area contributed by atoms with E-state index in [0.29, 0.717) is 36.3 Å². The molecule has 0 amide bonds. The van der Waals surface area contributed by atoms with Crippen molar-refractivity contribution in [3.8, 4) is 11.6 Å². The smallest absolute Gasteiger partial charge is 0.276 e. The average molecular weight is 358 g/mol. The minimum atomic E-state index is 0.443. The Balaban J connectivity index is 1.56.